The topological polar surface area (TPSA) is 272 Å². The van der Waals surface area contributed by atoms with Crippen molar-refractivity contribution in [3.8, 4) is 0 Å². The number of sulfone groups is 1. The lowest BCUT2D eigenvalue weighted by molar-refractivity contribution is -0.349. The van der Waals surface area contributed by atoms with Crippen molar-refractivity contribution in [2.75, 3.05) is 32.2 Å². The first kappa shape index (κ1) is 40.3. The molecule has 18 heteroatoms. The minimum absolute atomic E-state index is 0.0814. The zero-order valence-electron chi connectivity index (χ0n) is 27.3. The van der Waals surface area contributed by atoms with E-state index in [2.05, 4.69) is 0 Å². The van der Waals surface area contributed by atoms with Gasteiger partial charge in [-0.05, 0) is 30.9 Å². The van der Waals surface area contributed by atoms with Crippen molar-refractivity contribution in [2.45, 2.75) is 124 Å². The van der Waals surface area contributed by atoms with Gasteiger partial charge >= 0.3 is 0 Å². The molecule has 282 valence electrons. The van der Waals surface area contributed by atoms with E-state index in [9.17, 15) is 54.4 Å². The predicted octanol–water partition coefficient (Wildman–Crippen LogP) is -3.59. The summed E-state index contributed by atoms with van der Waals surface area (Å²) in [5.41, 5.74) is 0. The second kappa shape index (κ2) is 17.9. The molecule has 9 N–H and O–H groups in total. The normalized spacial score (nSPS) is 40.4. The average Bonchev–Trinajstić information content (AvgIpc) is 3.08. The van der Waals surface area contributed by atoms with Crippen LogP contribution in [0.4, 0.5) is 0 Å². The molecule has 1 aromatic rings. The first-order chi connectivity index (χ1) is 23.2. The highest BCUT2D eigenvalue weighted by Crippen LogP contribution is 2.32. The molecule has 0 radical (unpaired) electrons. The van der Waals surface area contributed by atoms with Gasteiger partial charge in [0.1, 0.15) is 73.2 Å². The van der Waals surface area contributed by atoms with E-state index in [1.165, 1.54) is 12.1 Å². The molecular weight excluding hydrogens is 676 g/mol. The minimum atomic E-state index is -3.44. The third kappa shape index (κ3) is 9.72. The summed E-state index contributed by atoms with van der Waals surface area (Å²) in [6.45, 7) is 2.16. The molecule has 0 amide bonds. The molecule has 49 heavy (non-hydrogen) atoms. The number of aliphatic hydroxyl groups excluding tert-OH is 9. The Labute approximate surface area is 284 Å². The molecule has 4 rings (SSSR count). The van der Waals surface area contributed by atoms with Crippen LogP contribution in [0.15, 0.2) is 35.2 Å². The van der Waals surface area contributed by atoms with Gasteiger partial charge in [-0.2, -0.15) is 0 Å². The Morgan fingerprint density at radius 1 is 0.694 bits per heavy atom. The lowest BCUT2D eigenvalue weighted by atomic mass is 9.89. The fraction of sp³-hybridized carbons (Fsp3) is 0.806. The Balaban J connectivity index is 1.32. The highest BCUT2D eigenvalue weighted by atomic mass is 32.2. The fourth-order valence-electron chi connectivity index (χ4n) is 5.97. The van der Waals surface area contributed by atoms with Gasteiger partial charge < -0.3 is 74.4 Å². The first-order valence-corrected chi connectivity index (χ1v) is 18.0. The van der Waals surface area contributed by atoms with Crippen molar-refractivity contribution in [3.63, 3.8) is 0 Å². The molecule has 3 aliphatic rings. The van der Waals surface area contributed by atoms with E-state index < -0.39 is 115 Å². The van der Waals surface area contributed by atoms with Crippen LogP contribution in [-0.4, -0.2) is 178 Å². The highest BCUT2D eigenvalue weighted by molar-refractivity contribution is 7.91. The molecule has 0 aromatic heterocycles. The minimum Gasteiger partial charge on any atom is -0.394 e. The number of hydrogen-bond acceptors (Lipinski definition) is 17. The predicted molar refractivity (Wildman–Crippen MR) is 165 cm³/mol. The highest BCUT2D eigenvalue weighted by Gasteiger charge is 2.52. The van der Waals surface area contributed by atoms with Crippen LogP contribution in [0.1, 0.15) is 26.7 Å². The Hall–Kier alpha value is -1.43. The van der Waals surface area contributed by atoms with Crippen molar-refractivity contribution < 1.29 is 82.8 Å². The van der Waals surface area contributed by atoms with E-state index in [4.69, 9.17) is 28.4 Å². The van der Waals surface area contributed by atoms with Gasteiger partial charge in [-0.25, -0.2) is 8.42 Å². The summed E-state index contributed by atoms with van der Waals surface area (Å²) < 4.78 is 58.8. The molecule has 0 aliphatic carbocycles. The van der Waals surface area contributed by atoms with E-state index in [0.717, 1.165) is 0 Å². The Kier molecular flexibility index (Phi) is 14.7. The third-order valence-corrected chi connectivity index (χ3v) is 10.8. The number of ether oxygens (including phenoxy) is 6. The van der Waals surface area contributed by atoms with Crippen molar-refractivity contribution in [3.05, 3.63) is 30.3 Å². The maximum Gasteiger partial charge on any atom is 0.187 e. The summed E-state index contributed by atoms with van der Waals surface area (Å²) in [7, 11) is -3.44. The van der Waals surface area contributed by atoms with Crippen LogP contribution >= 0.6 is 0 Å². The van der Waals surface area contributed by atoms with Crippen LogP contribution in [0.2, 0.25) is 0 Å². The van der Waals surface area contributed by atoms with Gasteiger partial charge in [-0.1, -0.05) is 32.0 Å². The van der Waals surface area contributed by atoms with Gasteiger partial charge in [0.2, 0.25) is 0 Å². The molecule has 3 heterocycles. The monoisotopic (exact) mass is 726 g/mol. The smallest absolute Gasteiger partial charge is 0.187 e. The van der Waals surface area contributed by atoms with Crippen LogP contribution in [0.25, 0.3) is 0 Å². The zero-order chi connectivity index (χ0) is 36.0. The number of aliphatic hydroxyl groups is 9. The van der Waals surface area contributed by atoms with E-state index >= 15 is 0 Å². The molecule has 3 aliphatic heterocycles. The quantitative estimate of drug-likeness (QED) is 0.0791. The molecule has 15 unspecified atom stereocenters. The van der Waals surface area contributed by atoms with Gasteiger partial charge in [-0.15, -0.1) is 0 Å². The average molecular weight is 727 g/mol. The molecule has 17 nitrogen and oxygen atoms in total. The first-order valence-electron chi connectivity index (χ1n) is 16.3. The lowest BCUT2D eigenvalue weighted by Crippen LogP contribution is -2.65. The molecule has 0 bridgehead atoms. The molecular formula is C31H50O17S. The van der Waals surface area contributed by atoms with Gasteiger partial charge in [0, 0.05) is 6.61 Å². The largest absolute Gasteiger partial charge is 0.394 e. The summed E-state index contributed by atoms with van der Waals surface area (Å²) in [5, 5.41) is 93.9. The molecule has 3 fully saturated rings. The van der Waals surface area contributed by atoms with Crippen LogP contribution in [0, 0.1) is 5.92 Å². The Morgan fingerprint density at radius 2 is 1.29 bits per heavy atom. The van der Waals surface area contributed by atoms with Crippen molar-refractivity contribution in [2.24, 2.45) is 5.92 Å². The fourth-order valence-corrected chi connectivity index (χ4v) is 7.36. The van der Waals surface area contributed by atoms with Crippen molar-refractivity contribution in [1.29, 1.82) is 0 Å². The Morgan fingerprint density at radius 3 is 1.92 bits per heavy atom. The van der Waals surface area contributed by atoms with Gasteiger partial charge in [0.15, 0.2) is 22.4 Å². The number of rotatable bonds is 15. The Bertz CT molecular complexity index is 1240. The maximum absolute atomic E-state index is 12.4. The molecule has 15 atom stereocenters. The summed E-state index contributed by atoms with van der Waals surface area (Å²) in [6, 6.07) is 8.06. The van der Waals surface area contributed by atoms with Crippen molar-refractivity contribution in [1.82, 2.24) is 0 Å². The van der Waals surface area contributed by atoms with E-state index in [1.54, 1.807) is 32.0 Å². The van der Waals surface area contributed by atoms with Crippen molar-refractivity contribution >= 4 is 9.84 Å². The van der Waals surface area contributed by atoms with E-state index in [-0.39, 0.29) is 29.8 Å². The number of unbranched alkanes of at least 4 members (excludes halogenated alkanes) is 1. The second-order valence-electron chi connectivity index (χ2n) is 12.9. The molecule has 1 aromatic carbocycles. The zero-order valence-corrected chi connectivity index (χ0v) is 28.1. The van der Waals surface area contributed by atoms with Crippen LogP contribution in [-0.2, 0) is 38.3 Å². The van der Waals surface area contributed by atoms with Gasteiger partial charge in [0.25, 0.3) is 0 Å². The summed E-state index contributed by atoms with van der Waals surface area (Å²) >= 11 is 0. The number of benzene rings is 1. The second-order valence-corrected chi connectivity index (χ2v) is 15.0. The maximum atomic E-state index is 12.4. The summed E-state index contributed by atoms with van der Waals surface area (Å²) in [4.78, 5) is 0.229. The van der Waals surface area contributed by atoms with Gasteiger partial charge in [0.05, 0.1) is 36.6 Å². The summed E-state index contributed by atoms with van der Waals surface area (Å²) in [6.07, 6.45) is -21.9. The standard InChI is InChI=1S/C31H50O17S/c1-15(2)28-27(40)29(48-31-26(39)23(36)20(33)17(12-32)46-31)22(35)19(45-28)14-44-30-25(38)24(37)21(34)18(47-30)13-43-10-6-7-11-49(41,42)16-8-4-3-5-9-16/h3-5,8-9,15,17-40H,6-7,10-14H2,1-2H3. The van der Waals surface area contributed by atoms with Crippen LogP contribution in [0.3, 0.4) is 0 Å². The van der Waals surface area contributed by atoms with Gasteiger partial charge in [-0.3, -0.25) is 0 Å². The third-order valence-electron chi connectivity index (χ3n) is 8.95. The molecule has 3 saturated heterocycles. The van der Waals surface area contributed by atoms with E-state index in [1.807, 2.05) is 0 Å². The van der Waals surface area contributed by atoms with E-state index in [0.29, 0.717) is 12.8 Å². The summed E-state index contributed by atoms with van der Waals surface area (Å²) in [5.74, 6) is -0.415. The van der Waals surface area contributed by atoms with Crippen LogP contribution in [0.5, 0.6) is 0 Å². The molecule has 0 saturated carbocycles. The SMILES string of the molecule is CC(C)C1OC(COC2OC(COCCCCS(=O)(=O)c3ccccc3)C(O)C(O)C2O)C(O)C(OC2OC(CO)C(O)C(O)C2O)C1O. The van der Waals surface area contributed by atoms with Crippen LogP contribution < -0.4 is 0 Å². The lowest BCUT2D eigenvalue weighted by Gasteiger charge is -2.47. The number of hydrogen-bond donors (Lipinski definition) is 9. The molecule has 0 spiro atoms.